The fourth-order valence-corrected chi connectivity index (χ4v) is 3.20. The molecule has 0 spiro atoms. The maximum atomic E-state index is 10.7. The van der Waals surface area contributed by atoms with Gasteiger partial charge in [0.25, 0.3) is 0 Å². The Balaban J connectivity index is 1.85. The molecule has 0 aliphatic carbocycles. The van der Waals surface area contributed by atoms with E-state index in [2.05, 4.69) is 12.0 Å². The van der Waals surface area contributed by atoms with Crippen LogP contribution in [0.1, 0.15) is 33.1 Å². The Morgan fingerprint density at radius 2 is 2.28 bits per heavy atom. The van der Waals surface area contributed by atoms with Gasteiger partial charge in [0.1, 0.15) is 0 Å². The van der Waals surface area contributed by atoms with E-state index in [0.717, 1.165) is 25.8 Å². The summed E-state index contributed by atoms with van der Waals surface area (Å²) in [6.07, 6.45) is 3.41. The zero-order valence-corrected chi connectivity index (χ0v) is 11.4. The zero-order valence-electron chi connectivity index (χ0n) is 11.4. The number of esters is 1. The first-order valence-corrected chi connectivity index (χ1v) is 6.73. The Labute approximate surface area is 108 Å². The number of hydrogen-bond donors (Lipinski definition) is 0. The highest BCUT2D eigenvalue weighted by atomic mass is 16.7. The predicted molar refractivity (Wildman–Crippen MR) is 65.8 cm³/mol. The second-order valence-corrected chi connectivity index (χ2v) is 5.14. The van der Waals surface area contributed by atoms with Crippen LogP contribution in [0.5, 0.6) is 0 Å². The van der Waals surface area contributed by atoms with Crippen LogP contribution in [0.3, 0.4) is 0 Å². The van der Waals surface area contributed by atoms with Crippen LogP contribution in [0.4, 0.5) is 0 Å². The van der Waals surface area contributed by atoms with Gasteiger partial charge < -0.3 is 9.47 Å². The summed E-state index contributed by atoms with van der Waals surface area (Å²) in [7, 11) is 1.78. The van der Waals surface area contributed by atoms with Crippen molar-refractivity contribution in [1.29, 1.82) is 0 Å². The highest BCUT2D eigenvalue weighted by molar-refractivity contribution is 5.65. The molecule has 0 N–H and O–H groups in total. The van der Waals surface area contributed by atoms with Gasteiger partial charge in [0.2, 0.25) is 0 Å². The van der Waals surface area contributed by atoms with Crippen LogP contribution in [-0.2, 0) is 19.1 Å². The number of carbonyl (C=O) groups excluding carboxylic acids is 1. The minimum absolute atomic E-state index is 0.207. The molecule has 2 heterocycles. The van der Waals surface area contributed by atoms with Crippen LogP contribution in [-0.4, -0.2) is 49.5 Å². The molecule has 2 saturated heterocycles. The van der Waals surface area contributed by atoms with Gasteiger partial charge in [0, 0.05) is 32.5 Å². The van der Waals surface area contributed by atoms with Gasteiger partial charge in [-0.05, 0) is 26.2 Å². The predicted octanol–water partition coefficient (Wildman–Crippen LogP) is 1.37. The number of ether oxygens (including phenoxy) is 2. The summed E-state index contributed by atoms with van der Waals surface area (Å²) >= 11 is 0. The van der Waals surface area contributed by atoms with Gasteiger partial charge in [0.05, 0.1) is 18.8 Å². The summed E-state index contributed by atoms with van der Waals surface area (Å²) < 4.78 is 10.5. The fraction of sp³-hybridized carbons (Fsp3) is 0.923. The molecular formula is C13H23NO4. The maximum absolute atomic E-state index is 10.7. The van der Waals surface area contributed by atoms with E-state index in [1.807, 2.05) is 0 Å². The molecule has 0 aromatic carbocycles. The van der Waals surface area contributed by atoms with Gasteiger partial charge in [0.15, 0.2) is 0 Å². The van der Waals surface area contributed by atoms with E-state index >= 15 is 0 Å². The molecule has 0 saturated carbocycles. The average Bonchev–Trinajstić information content (AvgIpc) is 2.54. The first kappa shape index (κ1) is 13.8. The molecule has 5 atom stereocenters. The second-order valence-electron chi connectivity index (χ2n) is 5.14. The van der Waals surface area contributed by atoms with Crippen molar-refractivity contribution < 1.29 is 19.1 Å². The molecule has 18 heavy (non-hydrogen) atoms. The summed E-state index contributed by atoms with van der Waals surface area (Å²) in [5.41, 5.74) is 0. The van der Waals surface area contributed by atoms with Gasteiger partial charge in [-0.25, -0.2) is 0 Å². The third-order valence-corrected chi connectivity index (χ3v) is 3.97. The molecular weight excluding hydrogens is 234 g/mol. The lowest BCUT2D eigenvalue weighted by Crippen LogP contribution is -2.45. The van der Waals surface area contributed by atoms with E-state index in [9.17, 15) is 4.79 Å². The lowest BCUT2D eigenvalue weighted by atomic mass is 9.83. The SMILES string of the molecule is CO[C@H]1CCN2O[C@H](C)[C@@H]1[C@@H]2CCCOC(C)=O. The van der Waals surface area contributed by atoms with Gasteiger partial charge >= 0.3 is 5.97 Å². The Bertz CT molecular complexity index is 297. The number of nitrogens with zero attached hydrogens (tertiary/aromatic N) is 1. The van der Waals surface area contributed by atoms with Crippen molar-refractivity contribution in [2.75, 3.05) is 20.3 Å². The highest BCUT2D eigenvalue weighted by Crippen LogP contribution is 2.39. The summed E-state index contributed by atoms with van der Waals surface area (Å²) in [6, 6.07) is 0.397. The quantitative estimate of drug-likeness (QED) is 0.550. The van der Waals surface area contributed by atoms with E-state index in [1.54, 1.807) is 7.11 Å². The monoisotopic (exact) mass is 257 g/mol. The van der Waals surface area contributed by atoms with Crippen LogP contribution in [0.15, 0.2) is 0 Å². The average molecular weight is 257 g/mol. The number of fused-ring (bicyclic) bond motifs is 2. The van der Waals surface area contributed by atoms with E-state index in [0.29, 0.717) is 18.6 Å². The second kappa shape index (κ2) is 5.99. The number of hydrogen-bond acceptors (Lipinski definition) is 5. The molecule has 2 aliphatic rings. The number of carbonyl (C=O) groups is 1. The van der Waals surface area contributed by atoms with Crippen molar-refractivity contribution in [2.24, 2.45) is 5.92 Å². The van der Waals surface area contributed by atoms with Crippen molar-refractivity contribution in [3.63, 3.8) is 0 Å². The molecule has 1 unspecified atom stereocenters. The van der Waals surface area contributed by atoms with Crippen molar-refractivity contribution >= 4 is 5.97 Å². The Kier molecular flexibility index (Phi) is 4.59. The molecule has 104 valence electrons. The van der Waals surface area contributed by atoms with Gasteiger partial charge in [-0.1, -0.05) is 0 Å². The molecule has 5 heteroatoms. The van der Waals surface area contributed by atoms with E-state index < -0.39 is 0 Å². The number of piperidine rings is 1. The van der Waals surface area contributed by atoms with Crippen molar-refractivity contribution in [2.45, 2.75) is 51.4 Å². The maximum Gasteiger partial charge on any atom is 0.302 e. The zero-order chi connectivity index (χ0) is 13.1. The largest absolute Gasteiger partial charge is 0.466 e. The van der Waals surface area contributed by atoms with Crippen LogP contribution in [0.2, 0.25) is 0 Å². The van der Waals surface area contributed by atoms with E-state index in [1.165, 1.54) is 6.92 Å². The van der Waals surface area contributed by atoms with Crippen LogP contribution >= 0.6 is 0 Å². The van der Waals surface area contributed by atoms with Crippen molar-refractivity contribution in [3.8, 4) is 0 Å². The normalized spacial score (nSPS) is 38.7. The van der Waals surface area contributed by atoms with Crippen molar-refractivity contribution in [3.05, 3.63) is 0 Å². The number of rotatable bonds is 5. The third-order valence-electron chi connectivity index (χ3n) is 3.97. The van der Waals surface area contributed by atoms with Crippen LogP contribution in [0, 0.1) is 5.92 Å². The Morgan fingerprint density at radius 3 is 2.94 bits per heavy atom. The summed E-state index contributed by atoms with van der Waals surface area (Å²) in [4.78, 5) is 16.6. The smallest absolute Gasteiger partial charge is 0.302 e. The highest BCUT2D eigenvalue weighted by Gasteiger charge is 2.48. The molecule has 2 rings (SSSR count). The van der Waals surface area contributed by atoms with Crippen molar-refractivity contribution in [1.82, 2.24) is 5.06 Å². The lowest BCUT2D eigenvalue weighted by molar-refractivity contribution is -0.161. The van der Waals surface area contributed by atoms with Crippen LogP contribution in [0.25, 0.3) is 0 Å². The molecule has 0 aromatic heterocycles. The Hall–Kier alpha value is -0.650. The Morgan fingerprint density at radius 1 is 1.50 bits per heavy atom. The molecule has 0 radical (unpaired) electrons. The number of hydroxylamine groups is 2. The third kappa shape index (κ3) is 2.84. The van der Waals surface area contributed by atoms with E-state index in [-0.39, 0.29) is 18.2 Å². The summed E-state index contributed by atoms with van der Waals surface area (Å²) in [5, 5.41) is 2.10. The minimum Gasteiger partial charge on any atom is -0.466 e. The lowest BCUT2D eigenvalue weighted by Gasteiger charge is -2.35. The van der Waals surface area contributed by atoms with E-state index in [4.69, 9.17) is 14.3 Å². The van der Waals surface area contributed by atoms with Gasteiger partial charge in [-0.15, -0.1) is 0 Å². The number of methoxy groups -OCH3 is 1. The summed E-state index contributed by atoms with van der Waals surface area (Å²) in [5.74, 6) is 0.224. The standard InChI is InChI=1S/C13H23NO4/c1-9-13-11(5-4-8-17-10(2)15)14(18-9)7-6-12(13)16-3/h9,11-13H,4-8H2,1-3H3/t9-,11+,12+,13-/m1/s1. The molecule has 0 amide bonds. The topological polar surface area (TPSA) is 48.0 Å². The summed E-state index contributed by atoms with van der Waals surface area (Å²) in [6.45, 7) is 4.98. The molecule has 2 bridgehead atoms. The van der Waals surface area contributed by atoms with Gasteiger partial charge in [-0.2, -0.15) is 5.06 Å². The molecule has 0 aromatic rings. The first-order chi connectivity index (χ1) is 8.63. The minimum atomic E-state index is -0.207. The molecule has 5 nitrogen and oxygen atoms in total. The molecule has 2 fully saturated rings. The van der Waals surface area contributed by atoms with Crippen LogP contribution < -0.4 is 0 Å². The first-order valence-electron chi connectivity index (χ1n) is 6.73. The molecule has 2 aliphatic heterocycles. The van der Waals surface area contributed by atoms with Gasteiger partial charge in [-0.3, -0.25) is 9.63 Å². The fourth-order valence-electron chi connectivity index (χ4n) is 3.20.